The number of rotatable bonds is 6. The maximum absolute atomic E-state index is 12.8. The Balaban J connectivity index is 1.51. The van der Waals surface area contributed by atoms with Gasteiger partial charge in [0, 0.05) is 23.4 Å². The monoisotopic (exact) mass is 333 g/mol. The van der Waals surface area contributed by atoms with Gasteiger partial charge in [-0.15, -0.1) is 11.3 Å². The van der Waals surface area contributed by atoms with Gasteiger partial charge in [0.2, 0.25) is 5.91 Å². The van der Waals surface area contributed by atoms with E-state index >= 15 is 0 Å². The van der Waals surface area contributed by atoms with E-state index in [0.29, 0.717) is 29.6 Å². The number of aryl methyl sites for hydroxylation is 1. The first-order valence-corrected chi connectivity index (χ1v) is 8.29. The molecule has 1 aromatic heterocycles. The third-order valence-corrected chi connectivity index (χ3v) is 4.24. The van der Waals surface area contributed by atoms with Crippen molar-refractivity contribution >= 4 is 28.3 Å². The Hall–Kier alpha value is -2.28. The van der Waals surface area contributed by atoms with Crippen LogP contribution in [0, 0.1) is 5.82 Å². The van der Waals surface area contributed by atoms with Crippen LogP contribution in [0.3, 0.4) is 0 Å². The summed E-state index contributed by atoms with van der Waals surface area (Å²) in [5.41, 5.74) is 1.14. The Labute approximate surface area is 136 Å². The van der Waals surface area contributed by atoms with Gasteiger partial charge in [0.05, 0.1) is 5.69 Å². The lowest BCUT2D eigenvalue weighted by Gasteiger charge is -2.02. The number of aromatic nitrogens is 1. The van der Waals surface area contributed by atoms with E-state index in [1.54, 1.807) is 0 Å². The van der Waals surface area contributed by atoms with E-state index < -0.39 is 0 Å². The van der Waals surface area contributed by atoms with Crippen molar-refractivity contribution in [3.63, 3.8) is 0 Å². The van der Waals surface area contributed by atoms with Crippen molar-refractivity contribution in [1.82, 2.24) is 10.3 Å². The number of nitrogens with one attached hydrogen (secondary N) is 2. The molecule has 0 spiro atoms. The zero-order valence-electron chi connectivity index (χ0n) is 12.3. The van der Waals surface area contributed by atoms with Crippen LogP contribution < -0.4 is 10.6 Å². The summed E-state index contributed by atoms with van der Waals surface area (Å²) in [7, 11) is 0. The Morgan fingerprint density at radius 1 is 1.26 bits per heavy atom. The lowest BCUT2D eigenvalue weighted by Crippen LogP contribution is -2.25. The Kier molecular flexibility index (Phi) is 4.66. The molecule has 0 aliphatic heterocycles. The van der Waals surface area contributed by atoms with Gasteiger partial charge >= 0.3 is 0 Å². The van der Waals surface area contributed by atoms with E-state index in [9.17, 15) is 14.0 Å². The van der Waals surface area contributed by atoms with Crippen molar-refractivity contribution in [2.45, 2.75) is 31.7 Å². The fourth-order valence-electron chi connectivity index (χ4n) is 2.02. The lowest BCUT2D eigenvalue weighted by atomic mass is 10.2. The van der Waals surface area contributed by atoms with Crippen molar-refractivity contribution in [1.29, 1.82) is 0 Å². The van der Waals surface area contributed by atoms with Gasteiger partial charge in [0.25, 0.3) is 5.91 Å². The number of carbonyl (C=O) groups is 2. The zero-order chi connectivity index (χ0) is 16.2. The van der Waals surface area contributed by atoms with Crippen LogP contribution in [0.15, 0.2) is 29.6 Å². The molecule has 0 radical (unpaired) electrons. The maximum atomic E-state index is 12.8. The first kappa shape index (κ1) is 15.6. The van der Waals surface area contributed by atoms with E-state index in [2.05, 4.69) is 15.6 Å². The SMILES string of the molecule is O=C(CCc1csc(NC(=O)c2ccc(F)cc2)n1)NC1CC1. The summed E-state index contributed by atoms with van der Waals surface area (Å²) in [6.07, 6.45) is 3.08. The van der Waals surface area contributed by atoms with E-state index in [4.69, 9.17) is 0 Å². The summed E-state index contributed by atoms with van der Waals surface area (Å²) < 4.78 is 12.8. The van der Waals surface area contributed by atoms with Crippen molar-refractivity contribution in [2.75, 3.05) is 5.32 Å². The number of amides is 2. The average Bonchev–Trinajstić information content (AvgIpc) is 3.23. The molecule has 0 saturated heterocycles. The quantitative estimate of drug-likeness (QED) is 0.854. The molecule has 2 amide bonds. The van der Waals surface area contributed by atoms with E-state index in [1.165, 1.54) is 35.6 Å². The first-order chi connectivity index (χ1) is 11.1. The Bertz CT molecular complexity index is 710. The van der Waals surface area contributed by atoms with Gasteiger partial charge in [-0.05, 0) is 43.5 Å². The van der Waals surface area contributed by atoms with Gasteiger partial charge in [-0.25, -0.2) is 9.37 Å². The second-order valence-corrected chi connectivity index (χ2v) is 6.30. The number of nitrogens with zero attached hydrogens (tertiary/aromatic N) is 1. The molecule has 1 aliphatic carbocycles. The molecule has 0 bridgehead atoms. The smallest absolute Gasteiger partial charge is 0.257 e. The molecule has 2 aromatic rings. The van der Waals surface area contributed by atoms with Crippen LogP contribution in [0.4, 0.5) is 9.52 Å². The van der Waals surface area contributed by atoms with Crippen LogP contribution in [0.2, 0.25) is 0 Å². The molecule has 120 valence electrons. The Morgan fingerprint density at radius 3 is 2.70 bits per heavy atom. The number of benzene rings is 1. The molecule has 0 unspecified atom stereocenters. The highest BCUT2D eigenvalue weighted by Gasteiger charge is 2.23. The highest BCUT2D eigenvalue weighted by molar-refractivity contribution is 7.14. The summed E-state index contributed by atoms with van der Waals surface area (Å²) in [5, 5.41) is 7.89. The molecule has 7 heteroatoms. The predicted octanol–water partition coefficient (Wildman–Crippen LogP) is 2.75. The number of hydrogen-bond acceptors (Lipinski definition) is 4. The summed E-state index contributed by atoms with van der Waals surface area (Å²) in [6.45, 7) is 0. The van der Waals surface area contributed by atoms with Gasteiger partial charge in [-0.1, -0.05) is 0 Å². The molecule has 23 heavy (non-hydrogen) atoms. The molecule has 1 saturated carbocycles. The minimum absolute atomic E-state index is 0.0393. The van der Waals surface area contributed by atoms with Crippen LogP contribution in [0.5, 0.6) is 0 Å². The van der Waals surface area contributed by atoms with Crippen LogP contribution in [0.1, 0.15) is 35.3 Å². The van der Waals surface area contributed by atoms with E-state index in [-0.39, 0.29) is 17.6 Å². The summed E-state index contributed by atoms with van der Waals surface area (Å²) >= 11 is 1.30. The van der Waals surface area contributed by atoms with Gasteiger partial charge in [0.15, 0.2) is 5.13 Å². The molecule has 1 aromatic carbocycles. The van der Waals surface area contributed by atoms with E-state index in [1.807, 2.05) is 5.38 Å². The molecule has 3 rings (SSSR count). The summed E-state index contributed by atoms with van der Waals surface area (Å²) in [4.78, 5) is 27.9. The summed E-state index contributed by atoms with van der Waals surface area (Å²) in [5.74, 6) is -0.683. The van der Waals surface area contributed by atoms with Gasteiger partial charge in [-0.3, -0.25) is 14.9 Å². The molecular weight excluding hydrogens is 317 g/mol. The molecule has 2 N–H and O–H groups in total. The second-order valence-electron chi connectivity index (χ2n) is 5.45. The van der Waals surface area contributed by atoms with Crippen molar-refractivity contribution in [2.24, 2.45) is 0 Å². The highest BCUT2D eigenvalue weighted by Crippen LogP contribution is 2.20. The number of hydrogen-bond donors (Lipinski definition) is 2. The first-order valence-electron chi connectivity index (χ1n) is 7.41. The fourth-order valence-corrected chi connectivity index (χ4v) is 2.76. The maximum Gasteiger partial charge on any atom is 0.257 e. The van der Waals surface area contributed by atoms with E-state index in [0.717, 1.165) is 18.5 Å². The molecular formula is C16H16FN3O2S. The molecule has 0 atom stereocenters. The number of carbonyl (C=O) groups excluding carboxylic acids is 2. The Morgan fingerprint density at radius 2 is 2.00 bits per heavy atom. The van der Waals surface area contributed by atoms with Crippen molar-refractivity contribution in [3.05, 3.63) is 46.7 Å². The minimum atomic E-state index is -0.387. The molecule has 1 aliphatic rings. The molecule has 5 nitrogen and oxygen atoms in total. The van der Waals surface area contributed by atoms with Crippen molar-refractivity contribution < 1.29 is 14.0 Å². The second kappa shape index (κ2) is 6.87. The van der Waals surface area contributed by atoms with Gasteiger partial charge in [0.1, 0.15) is 5.82 Å². The number of thiazole rings is 1. The van der Waals surface area contributed by atoms with Crippen LogP contribution in [-0.2, 0) is 11.2 Å². The minimum Gasteiger partial charge on any atom is -0.353 e. The third-order valence-electron chi connectivity index (χ3n) is 3.43. The van der Waals surface area contributed by atoms with Gasteiger partial charge < -0.3 is 5.32 Å². The zero-order valence-corrected chi connectivity index (χ0v) is 13.2. The number of anilines is 1. The van der Waals surface area contributed by atoms with Gasteiger partial charge in [-0.2, -0.15) is 0 Å². The number of halogens is 1. The highest BCUT2D eigenvalue weighted by atomic mass is 32.1. The van der Waals surface area contributed by atoms with Crippen LogP contribution in [0.25, 0.3) is 0 Å². The van der Waals surface area contributed by atoms with Crippen molar-refractivity contribution in [3.8, 4) is 0 Å². The topological polar surface area (TPSA) is 71.1 Å². The normalized spacial score (nSPS) is 13.6. The molecule has 1 fully saturated rings. The summed E-state index contributed by atoms with van der Waals surface area (Å²) in [6, 6.07) is 5.67. The largest absolute Gasteiger partial charge is 0.353 e. The van der Waals surface area contributed by atoms with Crippen LogP contribution in [-0.4, -0.2) is 22.8 Å². The predicted molar refractivity (Wildman–Crippen MR) is 86.0 cm³/mol. The average molecular weight is 333 g/mol. The third kappa shape index (κ3) is 4.59. The fraction of sp³-hybridized carbons (Fsp3) is 0.312. The molecule has 1 heterocycles. The lowest BCUT2D eigenvalue weighted by molar-refractivity contribution is -0.121. The van der Waals surface area contributed by atoms with Crippen LogP contribution >= 0.6 is 11.3 Å². The standard InChI is InChI=1S/C16H16FN3O2S/c17-11-3-1-10(2-4-11)15(22)20-16-19-13(9-23-16)7-8-14(21)18-12-5-6-12/h1-4,9,12H,5-8H2,(H,18,21)(H,19,20,22).